The van der Waals surface area contributed by atoms with Crippen molar-refractivity contribution in [3.63, 3.8) is 0 Å². The van der Waals surface area contributed by atoms with Gasteiger partial charge in [-0.2, -0.15) is 9.48 Å². The van der Waals surface area contributed by atoms with Crippen molar-refractivity contribution in [3.05, 3.63) is 123 Å². The number of hydrogen-bond donors (Lipinski definition) is 3. The standard InChI is InChI=1S/C30H29FN3O9P/c1-18(29(37)40-17-20-9-4-3-5-10-20)33-44(39,43-25-14-8-12-21-11-6-7-13-22(21)25)42-19(2)27-24(35)15-26(41-27)34-16-23(31)28(36)32-30(34)38/h3-14,16,18-19,26,35H,15,17H2,1-2H3,(H,33,39)(H,32,36,38)/t18-,19+,26+,44+/m0/s1. The normalized spacial score (nSPS) is 17.5. The fraction of sp³-hybridized carbons (Fsp3) is 0.233. The second kappa shape index (κ2) is 12.9. The number of esters is 1. The number of aliphatic hydroxyl groups excluding tert-OH is 1. The highest BCUT2D eigenvalue weighted by atomic mass is 31.2. The Kier molecular flexibility index (Phi) is 9.00. The molecule has 0 amide bonds. The quantitative estimate of drug-likeness (QED) is 0.156. The molecular formula is C30H29FN3O9P. The number of carbonyl (C=O) groups is 1. The first-order valence-electron chi connectivity index (χ1n) is 13.6. The van der Waals surface area contributed by atoms with Crippen molar-refractivity contribution in [2.75, 3.05) is 0 Å². The second-order valence-corrected chi connectivity index (χ2v) is 11.6. The summed E-state index contributed by atoms with van der Waals surface area (Å²) in [6.07, 6.45) is -2.11. The van der Waals surface area contributed by atoms with E-state index in [1.807, 2.05) is 29.2 Å². The molecule has 0 fully saturated rings. The van der Waals surface area contributed by atoms with Gasteiger partial charge in [0.05, 0.1) is 12.6 Å². The number of aromatic amines is 1. The number of nitrogens with zero attached hydrogens (tertiary/aromatic N) is 1. The predicted molar refractivity (Wildman–Crippen MR) is 157 cm³/mol. The number of hydrogen-bond acceptors (Lipinski definition) is 9. The van der Waals surface area contributed by atoms with Gasteiger partial charge in [-0.05, 0) is 30.9 Å². The maximum Gasteiger partial charge on any atom is 0.460 e. The first kappa shape index (κ1) is 30.7. The van der Waals surface area contributed by atoms with Crippen molar-refractivity contribution >= 4 is 24.5 Å². The third kappa shape index (κ3) is 6.91. The molecule has 0 spiro atoms. The van der Waals surface area contributed by atoms with Gasteiger partial charge in [-0.3, -0.25) is 23.7 Å². The molecule has 44 heavy (non-hydrogen) atoms. The molecule has 3 N–H and O–H groups in total. The zero-order valence-electron chi connectivity index (χ0n) is 23.6. The Morgan fingerprint density at radius 2 is 1.82 bits per heavy atom. The molecule has 0 bridgehead atoms. The van der Waals surface area contributed by atoms with Crippen LogP contribution in [0, 0.1) is 5.82 Å². The van der Waals surface area contributed by atoms with Crippen LogP contribution < -0.4 is 20.9 Å². The van der Waals surface area contributed by atoms with Gasteiger partial charge in [0, 0.05) is 5.39 Å². The molecule has 3 aromatic carbocycles. The minimum absolute atomic E-state index is 0.0157. The van der Waals surface area contributed by atoms with Gasteiger partial charge in [0.25, 0.3) is 5.56 Å². The van der Waals surface area contributed by atoms with Gasteiger partial charge in [-0.25, -0.2) is 9.36 Å². The number of fused-ring (bicyclic) bond motifs is 1. The molecule has 1 aromatic heterocycles. The van der Waals surface area contributed by atoms with Gasteiger partial charge in [0.15, 0.2) is 12.0 Å². The van der Waals surface area contributed by atoms with Crippen LogP contribution in [0.5, 0.6) is 5.75 Å². The molecule has 0 saturated heterocycles. The second-order valence-electron chi connectivity index (χ2n) is 9.99. The molecule has 14 heteroatoms. The van der Waals surface area contributed by atoms with Gasteiger partial charge < -0.3 is 19.1 Å². The lowest BCUT2D eigenvalue weighted by atomic mass is 10.1. The molecule has 0 radical (unpaired) electrons. The van der Waals surface area contributed by atoms with Crippen LogP contribution in [0.2, 0.25) is 0 Å². The molecule has 230 valence electrons. The number of carbonyl (C=O) groups excluding carboxylic acids is 1. The monoisotopic (exact) mass is 625 g/mol. The predicted octanol–water partition coefficient (Wildman–Crippen LogP) is 4.83. The molecule has 0 unspecified atom stereocenters. The fourth-order valence-corrected chi connectivity index (χ4v) is 6.23. The minimum Gasteiger partial charge on any atom is -0.508 e. The summed E-state index contributed by atoms with van der Waals surface area (Å²) in [5, 5.41) is 14.7. The Morgan fingerprint density at radius 1 is 1.11 bits per heavy atom. The lowest BCUT2D eigenvalue weighted by molar-refractivity contribution is -0.146. The summed E-state index contributed by atoms with van der Waals surface area (Å²) in [5.41, 5.74) is -1.41. The topological polar surface area (TPSA) is 158 Å². The van der Waals surface area contributed by atoms with Crippen LogP contribution in [0.1, 0.15) is 32.1 Å². The van der Waals surface area contributed by atoms with Crippen molar-refractivity contribution in [1.82, 2.24) is 14.6 Å². The first-order valence-corrected chi connectivity index (χ1v) is 15.1. The first-order chi connectivity index (χ1) is 21.0. The molecule has 0 aliphatic carbocycles. The van der Waals surface area contributed by atoms with E-state index in [2.05, 4.69) is 5.09 Å². The number of rotatable bonds is 11. The molecule has 1 aliphatic heterocycles. The summed E-state index contributed by atoms with van der Waals surface area (Å²) in [7, 11) is -4.45. The molecule has 2 heterocycles. The zero-order valence-corrected chi connectivity index (χ0v) is 24.5. The Morgan fingerprint density at radius 3 is 2.59 bits per heavy atom. The Bertz CT molecular complexity index is 1870. The van der Waals surface area contributed by atoms with Crippen LogP contribution in [0.4, 0.5) is 4.39 Å². The Balaban J connectivity index is 1.38. The van der Waals surface area contributed by atoms with Crippen LogP contribution in [0.25, 0.3) is 10.8 Å². The SMILES string of the molecule is C[C@H](N[P@](=O)(Oc1cccc2ccccc12)O[C@H](C)C1=C(O)C[C@H](n2cc(F)c(=O)[nH]c2=O)O1)C(=O)OCc1ccccc1. The van der Waals surface area contributed by atoms with Crippen LogP contribution >= 0.6 is 7.75 Å². The minimum atomic E-state index is -4.45. The van der Waals surface area contributed by atoms with Crippen molar-refractivity contribution in [2.24, 2.45) is 0 Å². The lowest BCUT2D eigenvalue weighted by Gasteiger charge is -2.26. The van der Waals surface area contributed by atoms with Gasteiger partial charge in [-0.1, -0.05) is 66.7 Å². The number of H-pyrrole nitrogens is 1. The summed E-state index contributed by atoms with van der Waals surface area (Å²) in [4.78, 5) is 38.4. The highest BCUT2D eigenvalue weighted by Crippen LogP contribution is 2.49. The third-order valence-corrected chi connectivity index (χ3v) is 8.45. The molecular weight excluding hydrogens is 596 g/mol. The van der Waals surface area contributed by atoms with E-state index < -0.39 is 49.2 Å². The van der Waals surface area contributed by atoms with E-state index in [0.29, 0.717) is 11.6 Å². The highest BCUT2D eigenvalue weighted by molar-refractivity contribution is 7.52. The molecule has 1 aliphatic rings. The number of aromatic nitrogens is 2. The van der Waals surface area contributed by atoms with Gasteiger partial charge in [0.1, 0.15) is 30.3 Å². The average molecular weight is 626 g/mol. The molecule has 0 saturated carbocycles. The van der Waals surface area contributed by atoms with Crippen LogP contribution in [-0.2, 0) is 30.0 Å². The molecule has 5 rings (SSSR count). The van der Waals surface area contributed by atoms with Crippen LogP contribution in [0.15, 0.2) is 100 Å². The molecule has 12 nitrogen and oxygen atoms in total. The van der Waals surface area contributed by atoms with E-state index in [1.165, 1.54) is 13.8 Å². The summed E-state index contributed by atoms with van der Waals surface area (Å²) < 4.78 is 51.8. The van der Waals surface area contributed by atoms with Gasteiger partial charge in [-0.15, -0.1) is 0 Å². The third-order valence-electron chi connectivity index (χ3n) is 6.71. The zero-order chi connectivity index (χ0) is 31.4. The Labute approximate surface area is 250 Å². The van der Waals surface area contributed by atoms with E-state index in [-0.39, 0.29) is 30.3 Å². The summed E-state index contributed by atoms with van der Waals surface area (Å²) in [6.45, 7) is 2.82. The number of aliphatic hydroxyl groups is 1. The smallest absolute Gasteiger partial charge is 0.460 e. The highest BCUT2D eigenvalue weighted by Gasteiger charge is 2.39. The van der Waals surface area contributed by atoms with Crippen LogP contribution in [-0.4, -0.2) is 32.8 Å². The van der Waals surface area contributed by atoms with Crippen molar-refractivity contribution in [3.8, 4) is 5.75 Å². The van der Waals surface area contributed by atoms with Crippen molar-refractivity contribution < 1.29 is 37.4 Å². The van der Waals surface area contributed by atoms with Gasteiger partial charge >= 0.3 is 19.4 Å². The largest absolute Gasteiger partial charge is 0.508 e. The van der Waals surface area contributed by atoms with E-state index >= 15 is 0 Å². The van der Waals surface area contributed by atoms with Crippen molar-refractivity contribution in [1.29, 1.82) is 0 Å². The van der Waals surface area contributed by atoms with E-state index in [1.54, 1.807) is 48.5 Å². The van der Waals surface area contributed by atoms with E-state index in [0.717, 1.165) is 15.5 Å². The van der Waals surface area contributed by atoms with E-state index in [9.17, 15) is 28.4 Å². The molecule has 4 aromatic rings. The molecule has 4 atom stereocenters. The maximum absolute atomic E-state index is 14.3. The number of ether oxygens (including phenoxy) is 2. The lowest BCUT2D eigenvalue weighted by Crippen LogP contribution is -2.36. The fourth-order valence-electron chi connectivity index (χ4n) is 4.57. The average Bonchev–Trinajstić information content (AvgIpc) is 3.39. The Hall–Kier alpha value is -4.71. The number of nitrogens with one attached hydrogen (secondary N) is 2. The van der Waals surface area contributed by atoms with Crippen LogP contribution in [0.3, 0.4) is 0 Å². The maximum atomic E-state index is 14.3. The van der Waals surface area contributed by atoms with E-state index in [4.69, 9.17) is 18.5 Å². The number of benzene rings is 3. The van der Waals surface area contributed by atoms with Crippen molar-refractivity contribution in [2.45, 2.75) is 45.2 Å². The summed E-state index contributed by atoms with van der Waals surface area (Å²) in [5.74, 6) is -2.35. The summed E-state index contributed by atoms with van der Waals surface area (Å²) >= 11 is 0. The summed E-state index contributed by atoms with van der Waals surface area (Å²) in [6, 6.07) is 20.2. The van der Waals surface area contributed by atoms with Gasteiger partial charge in [0.2, 0.25) is 5.82 Å². The number of halogens is 1.